The number of nitrogens with two attached hydrogens (primary N) is 1. The standard InChI is InChI=1S/C11H17F4N3O3/c1-19-4-2-3-7(16)9-17-8(18-21-9)5-20-6-11(14,15)10(12)13/h7,10H,2-6,16H2,1H3. The highest BCUT2D eigenvalue weighted by Gasteiger charge is 2.41. The molecule has 1 aromatic rings. The van der Waals surface area contributed by atoms with Crippen LogP contribution in [0.3, 0.4) is 0 Å². The lowest BCUT2D eigenvalue weighted by atomic mass is 10.2. The number of hydrogen-bond acceptors (Lipinski definition) is 6. The average molecular weight is 315 g/mol. The third-order valence-electron chi connectivity index (χ3n) is 2.51. The molecule has 21 heavy (non-hydrogen) atoms. The summed E-state index contributed by atoms with van der Waals surface area (Å²) in [5.74, 6) is -4.11. The minimum atomic E-state index is -4.21. The van der Waals surface area contributed by atoms with Gasteiger partial charge in [-0.25, -0.2) is 8.78 Å². The van der Waals surface area contributed by atoms with E-state index in [-0.39, 0.29) is 11.7 Å². The fraction of sp³-hybridized carbons (Fsp3) is 0.818. The summed E-state index contributed by atoms with van der Waals surface area (Å²) in [7, 11) is 1.56. The molecule has 0 saturated heterocycles. The molecule has 10 heteroatoms. The molecule has 0 aliphatic carbocycles. The maximum atomic E-state index is 12.6. The summed E-state index contributed by atoms with van der Waals surface area (Å²) in [4.78, 5) is 3.85. The number of rotatable bonds is 10. The minimum Gasteiger partial charge on any atom is -0.385 e. The molecule has 6 nitrogen and oxygen atoms in total. The van der Waals surface area contributed by atoms with E-state index in [1.165, 1.54) is 0 Å². The summed E-state index contributed by atoms with van der Waals surface area (Å²) in [5, 5.41) is 3.48. The molecule has 0 aliphatic heterocycles. The number of methoxy groups -OCH3 is 1. The first-order chi connectivity index (χ1) is 9.86. The predicted molar refractivity (Wildman–Crippen MR) is 62.9 cm³/mol. The Kier molecular flexibility index (Phi) is 6.99. The molecule has 1 heterocycles. The molecule has 1 aromatic heterocycles. The van der Waals surface area contributed by atoms with Gasteiger partial charge < -0.3 is 19.7 Å². The second-order valence-electron chi connectivity index (χ2n) is 4.34. The molecule has 0 aromatic carbocycles. The van der Waals surface area contributed by atoms with Crippen molar-refractivity contribution in [1.29, 1.82) is 0 Å². The lowest BCUT2D eigenvalue weighted by Crippen LogP contribution is -2.32. The molecular formula is C11H17F4N3O3. The van der Waals surface area contributed by atoms with E-state index in [2.05, 4.69) is 14.9 Å². The number of halogens is 4. The van der Waals surface area contributed by atoms with Gasteiger partial charge in [0.05, 0.1) is 6.04 Å². The lowest BCUT2D eigenvalue weighted by molar-refractivity contribution is -0.168. The number of alkyl halides is 4. The topological polar surface area (TPSA) is 83.4 Å². The van der Waals surface area contributed by atoms with Gasteiger partial charge in [0.25, 0.3) is 0 Å². The largest absolute Gasteiger partial charge is 0.385 e. The van der Waals surface area contributed by atoms with Crippen LogP contribution in [0.4, 0.5) is 17.6 Å². The summed E-state index contributed by atoms with van der Waals surface area (Å²) in [6, 6.07) is -0.510. The van der Waals surface area contributed by atoms with Gasteiger partial charge in [-0.1, -0.05) is 5.16 Å². The molecule has 2 N–H and O–H groups in total. The smallest absolute Gasteiger partial charge is 0.330 e. The maximum absolute atomic E-state index is 12.6. The molecular weight excluding hydrogens is 298 g/mol. The molecule has 0 saturated carbocycles. The van der Waals surface area contributed by atoms with Crippen LogP contribution in [0.15, 0.2) is 4.52 Å². The highest BCUT2D eigenvalue weighted by molar-refractivity contribution is 4.90. The Balaban J connectivity index is 2.38. The molecule has 0 fully saturated rings. The molecule has 1 unspecified atom stereocenters. The number of nitrogens with zero attached hydrogens (tertiary/aromatic N) is 2. The van der Waals surface area contributed by atoms with E-state index in [0.717, 1.165) is 0 Å². The van der Waals surface area contributed by atoms with Crippen LogP contribution in [0.5, 0.6) is 0 Å². The first-order valence-electron chi connectivity index (χ1n) is 6.17. The van der Waals surface area contributed by atoms with Crippen LogP contribution >= 0.6 is 0 Å². The van der Waals surface area contributed by atoms with Gasteiger partial charge in [-0.05, 0) is 12.8 Å². The van der Waals surface area contributed by atoms with Gasteiger partial charge in [0.15, 0.2) is 5.82 Å². The summed E-state index contributed by atoms with van der Waals surface area (Å²) < 4.78 is 63.1. The second kappa shape index (κ2) is 8.25. The van der Waals surface area contributed by atoms with Crippen LogP contribution in [0, 0.1) is 0 Å². The van der Waals surface area contributed by atoms with E-state index in [4.69, 9.17) is 15.0 Å². The van der Waals surface area contributed by atoms with Gasteiger partial charge in [0.2, 0.25) is 5.89 Å². The molecule has 122 valence electrons. The van der Waals surface area contributed by atoms with E-state index in [1.54, 1.807) is 7.11 Å². The quantitative estimate of drug-likeness (QED) is 0.524. The molecule has 0 radical (unpaired) electrons. The van der Waals surface area contributed by atoms with Crippen molar-refractivity contribution in [3.05, 3.63) is 11.7 Å². The monoisotopic (exact) mass is 315 g/mol. The summed E-state index contributed by atoms with van der Waals surface area (Å²) in [6.45, 7) is -1.36. The van der Waals surface area contributed by atoms with Crippen LogP contribution in [-0.4, -0.2) is 42.8 Å². The lowest BCUT2D eigenvalue weighted by Gasteiger charge is -2.14. The Morgan fingerprint density at radius 3 is 2.71 bits per heavy atom. The Morgan fingerprint density at radius 2 is 2.10 bits per heavy atom. The predicted octanol–water partition coefficient (Wildman–Crippen LogP) is 1.91. The normalized spacial score (nSPS) is 13.9. The number of aromatic nitrogens is 2. The minimum absolute atomic E-state index is 0.0303. The van der Waals surface area contributed by atoms with Crippen molar-refractivity contribution in [2.24, 2.45) is 5.73 Å². The van der Waals surface area contributed by atoms with Crippen molar-refractivity contribution in [3.63, 3.8) is 0 Å². The van der Waals surface area contributed by atoms with Crippen molar-refractivity contribution >= 4 is 0 Å². The van der Waals surface area contributed by atoms with Crippen molar-refractivity contribution in [2.75, 3.05) is 20.3 Å². The van der Waals surface area contributed by atoms with Crippen molar-refractivity contribution in [3.8, 4) is 0 Å². The van der Waals surface area contributed by atoms with Crippen LogP contribution in [0.2, 0.25) is 0 Å². The van der Waals surface area contributed by atoms with E-state index >= 15 is 0 Å². The zero-order chi connectivity index (χ0) is 15.9. The average Bonchev–Trinajstić information content (AvgIpc) is 2.87. The van der Waals surface area contributed by atoms with Crippen LogP contribution in [-0.2, 0) is 16.1 Å². The van der Waals surface area contributed by atoms with Crippen LogP contribution < -0.4 is 5.73 Å². The fourth-order valence-electron chi connectivity index (χ4n) is 1.39. The van der Waals surface area contributed by atoms with Crippen LogP contribution in [0.1, 0.15) is 30.6 Å². The van der Waals surface area contributed by atoms with Gasteiger partial charge in [-0.2, -0.15) is 13.8 Å². The Morgan fingerprint density at radius 1 is 1.38 bits per heavy atom. The first-order valence-corrected chi connectivity index (χ1v) is 6.17. The van der Waals surface area contributed by atoms with E-state index in [0.29, 0.717) is 19.4 Å². The van der Waals surface area contributed by atoms with Gasteiger partial charge in [-0.15, -0.1) is 0 Å². The van der Waals surface area contributed by atoms with Crippen molar-refractivity contribution < 1.29 is 31.6 Å². The molecule has 1 atom stereocenters. The third kappa shape index (κ3) is 5.94. The van der Waals surface area contributed by atoms with Gasteiger partial charge in [0.1, 0.15) is 13.2 Å². The van der Waals surface area contributed by atoms with Gasteiger partial charge >= 0.3 is 12.3 Å². The summed E-state index contributed by atoms with van der Waals surface area (Å²) in [6.07, 6.45) is -2.56. The molecule has 0 aliphatic rings. The van der Waals surface area contributed by atoms with E-state index in [1.807, 2.05) is 0 Å². The Hall–Kier alpha value is -1.26. The zero-order valence-electron chi connectivity index (χ0n) is 11.4. The second-order valence-corrected chi connectivity index (χ2v) is 4.34. The Bertz CT molecular complexity index is 417. The van der Waals surface area contributed by atoms with E-state index < -0.39 is 31.6 Å². The summed E-state index contributed by atoms with van der Waals surface area (Å²) in [5.41, 5.74) is 5.77. The fourth-order valence-corrected chi connectivity index (χ4v) is 1.39. The molecule has 0 spiro atoms. The highest BCUT2D eigenvalue weighted by atomic mass is 19.3. The highest BCUT2D eigenvalue weighted by Crippen LogP contribution is 2.23. The third-order valence-corrected chi connectivity index (χ3v) is 2.51. The van der Waals surface area contributed by atoms with Gasteiger partial charge in [-0.3, -0.25) is 0 Å². The molecule has 1 rings (SSSR count). The molecule has 0 amide bonds. The van der Waals surface area contributed by atoms with E-state index in [9.17, 15) is 17.6 Å². The number of ether oxygens (including phenoxy) is 2. The molecule has 0 bridgehead atoms. The maximum Gasteiger partial charge on any atom is 0.330 e. The van der Waals surface area contributed by atoms with Crippen molar-refractivity contribution in [2.45, 2.75) is 37.8 Å². The summed E-state index contributed by atoms with van der Waals surface area (Å²) >= 11 is 0. The van der Waals surface area contributed by atoms with Crippen molar-refractivity contribution in [1.82, 2.24) is 10.1 Å². The first kappa shape index (κ1) is 17.8. The number of hydrogen-bond donors (Lipinski definition) is 1. The van der Waals surface area contributed by atoms with Gasteiger partial charge in [0, 0.05) is 13.7 Å². The Labute approximate surface area is 118 Å². The SMILES string of the molecule is COCCCC(N)c1nc(COCC(F)(F)C(F)F)no1. The zero-order valence-corrected chi connectivity index (χ0v) is 11.4. The van der Waals surface area contributed by atoms with Crippen LogP contribution in [0.25, 0.3) is 0 Å².